The van der Waals surface area contributed by atoms with E-state index in [0.717, 1.165) is 11.1 Å². The maximum absolute atomic E-state index is 9.80. The van der Waals surface area contributed by atoms with Crippen LogP contribution in [0.3, 0.4) is 0 Å². The highest BCUT2D eigenvalue weighted by molar-refractivity contribution is 5.72. The quantitative estimate of drug-likeness (QED) is 0.894. The number of benzene rings is 2. The Labute approximate surface area is 113 Å². The van der Waals surface area contributed by atoms with E-state index < -0.39 is 0 Å². The van der Waals surface area contributed by atoms with Crippen LogP contribution in [0.15, 0.2) is 48.5 Å². The Morgan fingerprint density at radius 3 is 2.11 bits per heavy atom. The first-order valence-corrected chi connectivity index (χ1v) is 5.94. The van der Waals surface area contributed by atoms with Gasteiger partial charge in [-0.2, -0.15) is 0 Å². The number of carbonyl (C=O) groups excluding carboxylic acids is 1. The fourth-order valence-electron chi connectivity index (χ4n) is 1.50. The smallest absolute Gasteiger partial charge is 0.127 e. The minimum atomic E-state index is 0.167. The van der Waals surface area contributed by atoms with Crippen LogP contribution in [0.1, 0.15) is 13.8 Å². The number of carbonyl (C=O) groups is 1. The number of Topliss-reactive ketones (excluding diaryl/α,β-unsaturated/α-hetero) is 1. The summed E-state index contributed by atoms with van der Waals surface area (Å²) in [5, 5.41) is 9.80. The molecule has 2 rings (SSSR count). The predicted octanol–water partition coefficient (Wildman–Crippen LogP) is 3.66. The van der Waals surface area contributed by atoms with Gasteiger partial charge in [0, 0.05) is 11.6 Å². The van der Waals surface area contributed by atoms with Gasteiger partial charge in [0.05, 0.1) is 7.11 Å². The Kier molecular flexibility index (Phi) is 5.61. The van der Waals surface area contributed by atoms with Gasteiger partial charge in [-0.05, 0) is 31.5 Å². The second-order valence-electron chi connectivity index (χ2n) is 4.16. The largest absolute Gasteiger partial charge is 0.507 e. The van der Waals surface area contributed by atoms with Crippen molar-refractivity contribution >= 4 is 5.78 Å². The molecule has 0 amide bonds. The van der Waals surface area contributed by atoms with Gasteiger partial charge < -0.3 is 14.6 Å². The van der Waals surface area contributed by atoms with Crippen LogP contribution in [-0.4, -0.2) is 18.0 Å². The Balaban J connectivity index is 0.000000399. The van der Waals surface area contributed by atoms with Crippen LogP contribution in [0, 0.1) is 0 Å². The molecule has 0 saturated heterocycles. The maximum atomic E-state index is 9.80. The summed E-state index contributed by atoms with van der Waals surface area (Å²) >= 11 is 0. The van der Waals surface area contributed by atoms with Gasteiger partial charge in [-0.3, -0.25) is 0 Å². The zero-order valence-electron chi connectivity index (χ0n) is 11.4. The van der Waals surface area contributed by atoms with Crippen molar-refractivity contribution < 1.29 is 14.6 Å². The van der Waals surface area contributed by atoms with E-state index in [4.69, 9.17) is 4.74 Å². The molecule has 0 aliphatic carbocycles. The van der Waals surface area contributed by atoms with Crippen molar-refractivity contribution in [2.75, 3.05) is 7.11 Å². The summed E-state index contributed by atoms with van der Waals surface area (Å²) in [6, 6.07) is 15.1. The fraction of sp³-hybridized carbons (Fsp3) is 0.188. The van der Waals surface area contributed by atoms with E-state index in [-0.39, 0.29) is 11.5 Å². The molecule has 0 spiro atoms. The number of phenols is 1. The molecule has 0 fully saturated rings. The molecule has 2 aromatic carbocycles. The molecule has 3 nitrogen and oxygen atoms in total. The summed E-state index contributed by atoms with van der Waals surface area (Å²) in [4.78, 5) is 9.44. The monoisotopic (exact) mass is 258 g/mol. The SMILES string of the molecule is CC(C)=O.COc1ccc(-c2ccccc2)c(O)c1. The summed E-state index contributed by atoms with van der Waals surface area (Å²) < 4.78 is 5.03. The molecule has 3 heteroatoms. The average molecular weight is 258 g/mol. The molecule has 19 heavy (non-hydrogen) atoms. The lowest BCUT2D eigenvalue weighted by Gasteiger charge is -2.06. The molecule has 1 N–H and O–H groups in total. The maximum Gasteiger partial charge on any atom is 0.127 e. The zero-order valence-corrected chi connectivity index (χ0v) is 11.4. The molecule has 2 aromatic rings. The van der Waals surface area contributed by atoms with Gasteiger partial charge in [-0.25, -0.2) is 0 Å². The predicted molar refractivity (Wildman–Crippen MR) is 76.4 cm³/mol. The highest BCUT2D eigenvalue weighted by atomic mass is 16.5. The number of methoxy groups -OCH3 is 1. The van der Waals surface area contributed by atoms with Crippen molar-refractivity contribution in [3.8, 4) is 22.6 Å². The van der Waals surface area contributed by atoms with Crippen molar-refractivity contribution in [3.63, 3.8) is 0 Å². The highest BCUT2D eigenvalue weighted by Gasteiger charge is 2.04. The van der Waals surface area contributed by atoms with E-state index in [1.54, 1.807) is 13.2 Å². The van der Waals surface area contributed by atoms with E-state index in [0.29, 0.717) is 5.75 Å². The Hall–Kier alpha value is -2.29. The Bertz CT molecular complexity index is 529. The molecule has 0 aromatic heterocycles. The van der Waals surface area contributed by atoms with E-state index in [1.807, 2.05) is 42.5 Å². The summed E-state index contributed by atoms with van der Waals surface area (Å²) in [5.41, 5.74) is 1.81. The van der Waals surface area contributed by atoms with Gasteiger partial charge in [0.1, 0.15) is 17.3 Å². The second-order valence-corrected chi connectivity index (χ2v) is 4.16. The van der Waals surface area contributed by atoms with Crippen LogP contribution in [0.5, 0.6) is 11.5 Å². The molecule has 100 valence electrons. The van der Waals surface area contributed by atoms with Crippen LogP contribution in [0.2, 0.25) is 0 Å². The third kappa shape index (κ3) is 4.84. The van der Waals surface area contributed by atoms with Crippen molar-refractivity contribution in [3.05, 3.63) is 48.5 Å². The van der Waals surface area contributed by atoms with Crippen LogP contribution in [0.4, 0.5) is 0 Å². The van der Waals surface area contributed by atoms with Gasteiger partial charge in [0.2, 0.25) is 0 Å². The number of hydrogen-bond acceptors (Lipinski definition) is 3. The number of aromatic hydroxyl groups is 1. The molecule has 0 aliphatic heterocycles. The number of hydrogen-bond donors (Lipinski definition) is 1. The molecule has 0 bridgehead atoms. The van der Waals surface area contributed by atoms with E-state index in [2.05, 4.69) is 0 Å². The molecule has 0 heterocycles. The normalized spacial score (nSPS) is 9.21. The standard InChI is InChI=1S/C13H12O2.C3H6O/c1-15-11-7-8-12(13(14)9-11)10-5-3-2-4-6-10;1-3(2)4/h2-9,14H,1H3;1-2H3. The molecule has 0 aliphatic rings. The van der Waals surface area contributed by atoms with Crippen molar-refractivity contribution in [1.82, 2.24) is 0 Å². The summed E-state index contributed by atoms with van der Waals surface area (Å²) in [6.07, 6.45) is 0. The average Bonchev–Trinajstić information content (AvgIpc) is 2.39. The minimum Gasteiger partial charge on any atom is -0.507 e. The summed E-state index contributed by atoms with van der Waals surface area (Å²) in [5.74, 6) is 1.06. The number of phenolic OH excluding ortho intramolecular Hbond substituents is 1. The van der Waals surface area contributed by atoms with E-state index >= 15 is 0 Å². The lowest BCUT2D eigenvalue weighted by atomic mass is 10.0. The van der Waals surface area contributed by atoms with Crippen molar-refractivity contribution in [2.24, 2.45) is 0 Å². The van der Waals surface area contributed by atoms with E-state index in [1.165, 1.54) is 13.8 Å². The Morgan fingerprint density at radius 1 is 1.05 bits per heavy atom. The topological polar surface area (TPSA) is 46.5 Å². The zero-order chi connectivity index (χ0) is 14.3. The number of ketones is 1. The third-order valence-corrected chi connectivity index (χ3v) is 2.29. The van der Waals surface area contributed by atoms with Crippen LogP contribution < -0.4 is 4.74 Å². The number of rotatable bonds is 2. The lowest BCUT2D eigenvalue weighted by Crippen LogP contribution is -1.83. The first-order chi connectivity index (χ1) is 9.04. The molecule has 0 saturated carbocycles. The van der Waals surface area contributed by atoms with Crippen molar-refractivity contribution in [1.29, 1.82) is 0 Å². The van der Waals surface area contributed by atoms with E-state index in [9.17, 15) is 9.90 Å². The van der Waals surface area contributed by atoms with Gasteiger partial charge in [0.15, 0.2) is 0 Å². The summed E-state index contributed by atoms with van der Waals surface area (Å²) in [7, 11) is 1.58. The molecule has 0 unspecified atom stereocenters. The first-order valence-electron chi connectivity index (χ1n) is 5.94. The molecular formula is C16H18O3. The number of ether oxygens (including phenoxy) is 1. The molecular weight excluding hydrogens is 240 g/mol. The van der Waals surface area contributed by atoms with Crippen LogP contribution >= 0.6 is 0 Å². The van der Waals surface area contributed by atoms with Gasteiger partial charge >= 0.3 is 0 Å². The second kappa shape index (κ2) is 7.21. The molecule has 0 radical (unpaired) electrons. The molecule has 0 atom stereocenters. The lowest BCUT2D eigenvalue weighted by molar-refractivity contribution is -0.114. The Morgan fingerprint density at radius 2 is 1.63 bits per heavy atom. The fourth-order valence-corrected chi connectivity index (χ4v) is 1.50. The minimum absolute atomic E-state index is 0.167. The first kappa shape index (κ1) is 14.8. The van der Waals surface area contributed by atoms with Crippen LogP contribution in [0.25, 0.3) is 11.1 Å². The van der Waals surface area contributed by atoms with Crippen molar-refractivity contribution in [2.45, 2.75) is 13.8 Å². The highest BCUT2D eigenvalue weighted by Crippen LogP contribution is 2.31. The third-order valence-electron chi connectivity index (χ3n) is 2.29. The van der Waals surface area contributed by atoms with Gasteiger partial charge in [-0.15, -0.1) is 0 Å². The van der Waals surface area contributed by atoms with Gasteiger partial charge in [-0.1, -0.05) is 30.3 Å². The van der Waals surface area contributed by atoms with Gasteiger partial charge in [0.25, 0.3) is 0 Å². The van der Waals surface area contributed by atoms with Crippen LogP contribution in [-0.2, 0) is 4.79 Å². The summed E-state index contributed by atoms with van der Waals surface area (Å²) in [6.45, 7) is 3.06.